The summed E-state index contributed by atoms with van der Waals surface area (Å²) in [5.41, 5.74) is 0. The van der Waals surface area contributed by atoms with E-state index in [2.05, 4.69) is 0 Å². The Bertz CT molecular complexity index is 13.5. The van der Waals surface area contributed by atoms with Gasteiger partial charge in [0.1, 0.15) is 0 Å². The molecule has 1 N–H and O–H groups in total. The average Bonchev–Trinajstić information content (AvgIpc) is 0.811. The van der Waals surface area contributed by atoms with Gasteiger partial charge in [0, 0.05) is 0 Å². The molecule has 0 fully saturated rings. The normalized spacial score (nSPS) is 4.50. The predicted octanol–water partition coefficient (Wildman–Crippen LogP) is -9.31. The third-order valence-corrected chi connectivity index (χ3v) is 0. The molecule has 0 bridgehead atoms. The van der Waals surface area contributed by atoms with Crippen LogP contribution in [0.25, 0.3) is 0 Å². The van der Waals surface area contributed by atoms with Crippen molar-refractivity contribution in [3.63, 3.8) is 0 Å². The molecule has 0 aromatic carbocycles. The van der Waals surface area contributed by atoms with Crippen molar-refractivity contribution in [3.8, 4) is 0 Å². The zero-order valence-electron chi connectivity index (χ0n) is 3.84. The minimum atomic E-state index is -2.67. The summed E-state index contributed by atoms with van der Waals surface area (Å²) in [6, 6.07) is 0. The maximum atomic E-state index is 8.53. The van der Waals surface area contributed by atoms with Crippen molar-refractivity contribution in [2.75, 3.05) is 0 Å². The SMILES string of the molecule is [Cs+].[Cs+].[O-]B([O-])O. The first kappa shape index (κ1) is 16.6. The summed E-state index contributed by atoms with van der Waals surface area (Å²) in [6.07, 6.45) is 0. The Morgan fingerprint density at radius 1 is 1.17 bits per heavy atom. The monoisotopic (exact) mass is 326 g/mol. The van der Waals surface area contributed by atoms with Crippen LogP contribution < -0.4 is 148 Å². The summed E-state index contributed by atoms with van der Waals surface area (Å²) in [4.78, 5) is 0. The molecule has 0 unspecified atom stereocenters. The van der Waals surface area contributed by atoms with Gasteiger partial charge < -0.3 is 15.1 Å². The van der Waals surface area contributed by atoms with Gasteiger partial charge in [-0.1, -0.05) is 0 Å². The van der Waals surface area contributed by atoms with Crippen LogP contribution in [0.2, 0.25) is 0 Å². The van der Waals surface area contributed by atoms with E-state index in [4.69, 9.17) is 15.1 Å². The Hall–Kier alpha value is 4.05. The molecule has 24 valence electrons. The van der Waals surface area contributed by atoms with E-state index in [0.29, 0.717) is 0 Å². The smallest absolute Gasteiger partial charge is 0.871 e. The molecule has 0 saturated carbocycles. The summed E-state index contributed by atoms with van der Waals surface area (Å²) in [5, 5.41) is 24.0. The fourth-order valence-corrected chi connectivity index (χ4v) is 0. The van der Waals surface area contributed by atoms with Gasteiger partial charge in [-0.25, -0.2) is 0 Å². The quantitative estimate of drug-likeness (QED) is 0.450. The van der Waals surface area contributed by atoms with Crippen LogP contribution in [0.1, 0.15) is 0 Å². The van der Waals surface area contributed by atoms with Gasteiger partial charge in [-0.2, -0.15) is 0 Å². The van der Waals surface area contributed by atoms with Crippen LogP contribution in [0.15, 0.2) is 0 Å². The zero-order chi connectivity index (χ0) is 3.58. The van der Waals surface area contributed by atoms with E-state index < -0.39 is 7.32 Å². The fourth-order valence-electron chi connectivity index (χ4n) is 0. The number of rotatable bonds is 0. The number of hydrogen-bond acceptors (Lipinski definition) is 3. The molecule has 0 aromatic rings. The molecule has 0 atom stereocenters. The summed E-state index contributed by atoms with van der Waals surface area (Å²) < 4.78 is 0. The molecule has 0 aliphatic heterocycles. The van der Waals surface area contributed by atoms with Crippen LogP contribution in [0.5, 0.6) is 0 Å². The van der Waals surface area contributed by atoms with Crippen LogP contribution in [-0.4, -0.2) is 12.3 Å². The summed E-state index contributed by atoms with van der Waals surface area (Å²) in [6.45, 7) is 0. The van der Waals surface area contributed by atoms with Gasteiger partial charge in [0.15, 0.2) is 0 Å². The van der Waals surface area contributed by atoms with Gasteiger partial charge in [-0.3, -0.25) is 0 Å². The molecule has 6 heteroatoms. The van der Waals surface area contributed by atoms with Crippen LogP contribution in [0.3, 0.4) is 0 Å². The fraction of sp³-hybridized carbons (Fsp3) is 0. The molecule has 6 heavy (non-hydrogen) atoms. The Kier molecular flexibility index (Phi) is 32.6. The molecule has 0 aromatic heterocycles. The molecule has 0 aliphatic carbocycles. The molecule has 0 rings (SSSR count). The van der Waals surface area contributed by atoms with Crippen LogP contribution >= 0.6 is 0 Å². The van der Waals surface area contributed by atoms with Crippen LogP contribution in [0, 0.1) is 0 Å². The van der Waals surface area contributed by atoms with Crippen molar-refractivity contribution in [1.29, 1.82) is 0 Å². The summed E-state index contributed by atoms with van der Waals surface area (Å²) in [5.74, 6) is 0. The van der Waals surface area contributed by atoms with Gasteiger partial charge in [-0.05, 0) is 0 Å². The van der Waals surface area contributed by atoms with Crippen molar-refractivity contribution in [3.05, 3.63) is 0 Å². The van der Waals surface area contributed by atoms with E-state index >= 15 is 0 Å². The maximum Gasteiger partial charge on any atom is 1.00 e. The molecule has 3 nitrogen and oxygen atoms in total. The van der Waals surface area contributed by atoms with Crippen molar-refractivity contribution < 1.29 is 153 Å². The summed E-state index contributed by atoms with van der Waals surface area (Å²) in [7, 11) is -2.67. The predicted molar refractivity (Wildman–Crippen MR) is 7.97 cm³/mol. The Morgan fingerprint density at radius 3 is 1.17 bits per heavy atom. The minimum Gasteiger partial charge on any atom is -0.871 e. The third-order valence-electron chi connectivity index (χ3n) is 0. The van der Waals surface area contributed by atoms with Gasteiger partial charge in [0.2, 0.25) is 0 Å². The van der Waals surface area contributed by atoms with E-state index in [1.165, 1.54) is 0 Å². The Balaban J connectivity index is -0.0000000450. The van der Waals surface area contributed by atoms with Crippen LogP contribution in [-0.2, 0) is 0 Å². The standard InChI is InChI=1S/BHO3.2Cs/c2-1(3)4;;/h2H;;/q-2;2*+1. The Morgan fingerprint density at radius 2 is 1.17 bits per heavy atom. The molecule has 0 aliphatic rings. The van der Waals surface area contributed by atoms with Gasteiger partial charge >= 0.3 is 138 Å². The molecule has 0 heterocycles. The van der Waals surface area contributed by atoms with E-state index in [-0.39, 0.29) is 138 Å². The van der Waals surface area contributed by atoms with E-state index in [9.17, 15) is 0 Å². The van der Waals surface area contributed by atoms with Crippen molar-refractivity contribution in [2.45, 2.75) is 0 Å². The zero-order valence-corrected chi connectivity index (χ0v) is 16.4. The Labute approximate surface area is 154 Å². The second-order valence-corrected chi connectivity index (χ2v) is 0.307. The average molecular weight is 326 g/mol. The van der Waals surface area contributed by atoms with Gasteiger partial charge in [-0.15, -0.1) is 0 Å². The summed E-state index contributed by atoms with van der Waals surface area (Å²) >= 11 is 0. The van der Waals surface area contributed by atoms with Crippen molar-refractivity contribution >= 4 is 7.32 Å². The van der Waals surface area contributed by atoms with Gasteiger partial charge in [0.25, 0.3) is 0 Å². The number of hydrogen-bond donors (Lipinski definition) is 1. The second kappa shape index (κ2) is 11.8. The largest absolute Gasteiger partial charge is 1.00 e. The first-order valence-corrected chi connectivity index (χ1v) is 0.730. The van der Waals surface area contributed by atoms with E-state index in [1.807, 2.05) is 0 Å². The van der Waals surface area contributed by atoms with Gasteiger partial charge in [0.05, 0.1) is 7.32 Å². The minimum absolute atomic E-state index is 0. The van der Waals surface area contributed by atoms with E-state index in [0.717, 1.165) is 0 Å². The van der Waals surface area contributed by atoms with Crippen molar-refractivity contribution in [1.82, 2.24) is 0 Å². The maximum absolute atomic E-state index is 8.53. The molecule has 0 spiro atoms. The topological polar surface area (TPSA) is 66.3 Å². The molecule has 0 saturated heterocycles. The molecule has 0 radical (unpaired) electrons. The third kappa shape index (κ3) is 24.4. The molecular weight excluding hydrogens is 325 g/mol. The molecular formula is HBCs2O3. The van der Waals surface area contributed by atoms with E-state index in [1.54, 1.807) is 0 Å². The molecule has 0 amide bonds. The first-order chi connectivity index (χ1) is 1.73. The first-order valence-electron chi connectivity index (χ1n) is 0.730. The van der Waals surface area contributed by atoms with Crippen LogP contribution in [0.4, 0.5) is 0 Å². The van der Waals surface area contributed by atoms with Crippen molar-refractivity contribution in [2.24, 2.45) is 0 Å². The second-order valence-electron chi connectivity index (χ2n) is 0.307.